The number of ether oxygens (including phenoxy) is 5. The van der Waals surface area contributed by atoms with E-state index in [0.717, 1.165) is 4.88 Å². The largest absolute Gasteiger partial charge is 0.480 e. The molecule has 1 aromatic heterocycles. The third kappa shape index (κ3) is 18.4. The zero-order chi connectivity index (χ0) is 48.9. The van der Waals surface area contributed by atoms with Crippen molar-refractivity contribution in [3.05, 3.63) is 22.4 Å². The molecule has 0 saturated carbocycles. The number of hydrogen-bond acceptors (Lipinski definition) is 14. The number of rotatable bonds is 32. The predicted octanol–water partition coefficient (Wildman–Crippen LogP) is 3.21. The van der Waals surface area contributed by atoms with E-state index in [1.54, 1.807) is 23.8 Å². The van der Waals surface area contributed by atoms with Gasteiger partial charge in [0.25, 0.3) is 0 Å². The first-order valence-corrected chi connectivity index (χ1v) is 23.9. The Morgan fingerprint density at radius 3 is 2.05 bits per heavy atom. The summed E-state index contributed by atoms with van der Waals surface area (Å²) in [6.45, 7) is 19.0. The fraction of sp³-hybridized carbons (Fsp3) is 0.804. The maximum Gasteiger partial charge on any atom is 0.326 e. The summed E-state index contributed by atoms with van der Waals surface area (Å²) in [6.07, 6.45) is 0.673. The van der Waals surface area contributed by atoms with Gasteiger partial charge in [0.15, 0.2) is 0 Å². The molecule has 0 aliphatic carbocycles. The number of carbonyl (C=O) groups is 5. The van der Waals surface area contributed by atoms with Gasteiger partial charge in [-0.1, -0.05) is 67.9 Å². The van der Waals surface area contributed by atoms with Crippen LogP contribution in [-0.4, -0.2) is 179 Å². The van der Waals surface area contributed by atoms with E-state index in [0.29, 0.717) is 78.6 Å². The van der Waals surface area contributed by atoms with Gasteiger partial charge in [-0.2, -0.15) is 0 Å². The molecule has 0 aromatic carbocycles. The first kappa shape index (κ1) is 57.9. The molecule has 19 heteroatoms. The van der Waals surface area contributed by atoms with Crippen molar-refractivity contribution in [2.24, 2.45) is 29.1 Å². The Bertz CT molecular complexity index is 1560. The number of nitrogens with zero attached hydrogens (tertiary/aromatic N) is 3. The molecule has 374 valence electrons. The van der Waals surface area contributed by atoms with E-state index in [1.165, 1.54) is 25.6 Å². The summed E-state index contributed by atoms with van der Waals surface area (Å²) in [5.74, 6) is 1.65. The maximum absolute atomic E-state index is 14.7. The number of carboxylic acids is 1. The van der Waals surface area contributed by atoms with E-state index >= 15 is 0 Å². The molecule has 2 rings (SSSR count). The van der Waals surface area contributed by atoms with Crippen LogP contribution in [0, 0.1) is 23.2 Å². The van der Waals surface area contributed by atoms with Crippen molar-refractivity contribution < 1.29 is 57.6 Å². The van der Waals surface area contributed by atoms with E-state index in [-0.39, 0.29) is 42.4 Å². The highest BCUT2D eigenvalue weighted by molar-refractivity contribution is 7.09. The number of likely N-dealkylation sites (N-methyl/N-ethyl adjacent to an activating group) is 2. The lowest BCUT2D eigenvalue weighted by molar-refractivity contribution is -0.149. The highest BCUT2D eigenvalue weighted by atomic mass is 32.1. The first-order valence-electron chi connectivity index (χ1n) is 23.0. The van der Waals surface area contributed by atoms with Crippen molar-refractivity contribution in [3.8, 4) is 0 Å². The van der Waals surface area contributed by atoms with E-state index < -0.39 is 65.6 Å². The smallest absolute Gasteiger partial charge is 0.326 e. The average molecular weight is 943 g/mol. The van der Waals surface area contributed by atoms with Crippen molar-refractivity contribution in [1.82, 2.24) is 25.3 Å². The minimum Gasteiger partial charge on any atom is -0.480 e. The highest BCUT2D eigenvalue weighted by Gasteiger charge is 2.45. The van der Waals surface area contributed by atoms with Gasteiger partial charge in [-0.25, -0.2) is 10.7 Å². The topological polar surface area (TPSA) is 221 Å². The van der Waals surface area contributed by atoms with Crippen molar-refractivity contribution in [2.75, 3.05) is 87.7 Å². The van der Waals surface area contributed by atoms with Gasteiger partial charge in [-0.3, -0.25) is 24.1 Å². The normalized spacial score (nSPS) is 18.1. The third-order valence-corrected chi connectivity index (χ3v) is 13.2. The lowest BCUT2D eigenvalue weighted by Crippen LogP contribution is -2.62. The molecule has 0 radical (unpaired) electrons. The Hall–Kier alpha value is -3.27. The van der Waals surface area contributed by atoms with Crippen LogP contribution in [0.25, 0.3) is 0 Å². The molecule has 1 aliphatic heterocycles. The molecule has 1 aromatic rings. The third-order valence-electron chi connectivity index (χ3n) is 12.3. The van der Waals surface area contributed by atoms with E-state index in [4.69, 9.17) is 29.6 Å². The van der Waals surface area contributed by atoms with Crippen LogP contribution >= 0.6 is 11.3 Å². The predicted molar refractivity (Wildman–Crippen MR) is 249 cm³/mol. The lowest BCUT2D eigenvalue weighted by Gasteiger charge is -2.42. The van der Waals surface area contributed by atoms with Crippen LogP contribution in [0.1, 0.15) is 86.0 Å². The molecular weight excluding hydrogens is 861 g/mol. The lowest BCUT2D eigenvalue weighted by atomic mass is 9.83. The van der Waals surface area contributed by atoms with E-state index in [2.05, 4.69) is 15.5 Å². The maximum atomic E-state index is 14.7. The summed E-state index contributed by atoms with van der Waals surface area (Å²) in [5, 5.41) is 17.5. The Balaban J connectivity index is 2.18. The fourth-order valence-corrected chi connectivity index (χ4v) is 9.28. The van der Waals surface area contributed by atoms with Crippen LogP contribution in [0.5, 0.6) is 0 Å². The van der Waals surface area contributed by atoms with Crippen molar-refractivity contribution in [2.45, 2.75) is 130 Å². The zero-order valence-corrected chi connectivity index (χ0v) is 42.0. The Morgan fingerprint density at radius 1 is 0.923 bits per heavy atom. The standard InChI is InChI=1S/C46H82N6O12S/c1-13-31(4)39(36(59-11)29-37(53)52-18-14-17-35(52)40(60-12)32(5)42(54)48-34(45(57)58)28-33-16-15-27-65-33)51(10)44(56)41(46(6,7)8)49-43(55)38(30(2)3)50(9)19-20-61-21-22-62-23-24-63-25-26-64-47/h15-16,27,30-32,34-36,38-41H,13-14,17-26,28-29,47H2,1-12H3,(H,48,54)(H,49,55)(H,57,58)/t31-,32+,34-,35-,36+,38-,39-,40+,41+/m0/s1. The molecule has 0 spiro atoms. The molecule has 1 saturated heterocycles. The number of amides is 4. The summed E-state index contributed by atoms with van der Waals surface area (Å²) < 4.78 is 28.6. The second kappa shape index (κ2) is 29.5. The second-order valence-electron chi connectivity index (χ2n) is 18.5. The van der Waals surface area contributed by atoms with Crippen LogP contribution in [-0.2, 0) is 58.9 Å². The SMILES string of the molecule is CC[C@H](C)[C@@H]([C@@H](CC(=O)N1CCC[C@H]1[C@H](OC)[C@@H](C)C(=O)N[C@@H](Cc1cccs1)C(=O)O)OC)N(C)C(=O)[C@@H](NC(=O)[C@H](C(C)C)N(C)CCOCCOCCOCCON)C(C)(C)C. The van der Waals surface area contributed by atoms with Gasteiger partial charge >= 0.3 is 5.97 Å². The van der Waals surface area contributed by atoms with Gasteiger partial charge < -0.3 is 54.1 Å². The average Bonchev–Trinajstić information content (AvgIpc) is 3.96. The molecule has 1 aliphatic rings. The number of hydrogen-bond donors (Lipinski definition) is 4. The number of likely N-dealkylation sites (tertiary alicyclic amines) is 1. The van der Waals surface area contributed by atoms with Gasteiger partial charge in [0.05, 0.1) is 88.9 Å². The van der Waals surface area contributed by atoms with Crippen LogP contribution in [0.15, 0.2) is 17.5 Å². The number of carboxylic acid groups (broad SMARTS) is 1. The number of aliphatic carboxylic acids is 1. The van der Waals surface area contributed by atoms with Crippen molar-refractivity contribution in [3.63, 3.8) is 0 Å². The molecule has 4 amide bonds. The number of carbonyl (C=O) groups excluding carboxylic acids is 4. The van der Waals surface area contributed by atoms with Gasteiger partial charge in [0, 0.05) is 45.7 Å². The molecular formula is C46H82N6O12S. The highest BCUT2D eigenvalue weighted by Crippen LogP contribution is 2.31. The summed E-state index contributed by atoms with van der Waals surface area (Å²) in [7, 11) is 6.60. The summed E-state index contributed by atoms with van der Waals surface area (Å²) >= 11 is 1.42. The first-order chi connectivity index (χ1) is 30.7. The molecule has 1 fully saturated rings. The fourth-order valence-electron chi connectivity index (χ4n) is 8.53. The molecule has 9 atom stereocenters. The number of nitrogens with one attached hydrogen (secondary N) is 2. The summed E-state index contributed by atoms with van der Waals surface area (Å²) in [4.78, 5) is 79.5. The van der Waals surface area contributed by atoms with Crippen LogP contribution in [0.4, 0.5) is 0 Å². The van der Waals surface area contributed by atoms with Crippen LogP contribution < -0.4 is 16.5 Å². The Labute approximate surface area is 391 Å². The zero-order valence-electron chi connectivity index (χ0n) is 41.2. The van der Waals surface area contributed by atoms with Crippen molar-refractivity contribution >= 4 is 40.9 Å². The van der Waals surface area contributed by atoms with Gasteiger partial charge in [0.2, 0.25) is 23.6 Å². The van der Waals surface area contributed by atoms with E-state index in [9.17, 15) is 29.1 Å². The van der Waals surface area contributed by atoms with Crippen molar-refractivity contribution in [1.29, 1.82) is 0 Å². The van der Waals surface area contributed by atoms with Gasteiger partial charge in [0.1, 0.15) is 12.1 Å². The molecule has 5 N–H and O–H groups in total. The minimum atomic E-state index is -1.14. The minimum absolute atomic E-state index is 0.0427. The Morgan fingerprint density at radius 2 is 1.54 bits per heavy atom. The number of nitrogens with two attached hydrogens (primary N) is 1. The number of thiophene rings is 1. The van der Waals surface area contributed by atoms with Gasteiger partial charge in [-0.05, 0) is 48.6 Å². The monoisotopic (exact) mass is 943 g/mol. The molecule has 18 nitrogen and oxygen atoms in total. The van der Waals surface area contributed by atoms with Crippen LogP contribution in [0.3, 0.4) is 0 Å². The Kier molecular flexibility index (Phi) is 26.2. The molecule has 0 bridgehead atoms. The second-order valence-corrected chi connectivity index (χ2v) is 19.5. The number of methoxy groups -OCH3 is 2. The molecule has 65 heavy (non-hydrogen) atoms. The quantitative estimate of drug-likeness (QED) is 0.0603. The van der Waals surface area contributed by atoms with E-state index in [1.807, 2.05) is 77.9 Å². The summed E-state index contributed by atoms with van der Waals surface area (Å²) in [6, 6.07) is 0.108. The van der Waals surface area contributed by atoms with Gasteiger partial charge in [-0.15, -0.1) is 11.3 Å². The molecule has 2 heterocycles. The summed E-state index contributed by atoms with van der Waals surface area (Å²) in [5.41, 5.74) is -0.679. The van der Waals surface area contributed by atoms with Crippen LogP contribution in [0.2, 0.25) is 0 Å². The molecule has 0 unspecified atom stereocenters.